The van der Waals surface area contributed by atoms with E-state index in [0.29, 0.717) is 5.57 Å². The minimum Gasteiger partial charge on any atom is -0.461 e. The highest BCUT2D eigenvalue weighted by Crippen LogP contribution is 1.91. The highest BCUT2D eigenvalue weighted by Gasteiger charge is 2.05. The molecule has 92 valence electrons. The molecule has 0 amide bonds. The first kappa shape index (κ1) is 14.6. The van der Waals surface area contributed by atoms with E-state index in [4.69, 9.17) is 9.47 Å². The second-order valence-electron chi connectivity index (χ2n) is 3.67. The monoisotopic (exact) mass is 229 g/mol. The number of nitrogens with one attached hydrogen (secondary N) is 1. The molecule has 5 heteroatoms. The third kappa shape index (κ3) is 7.99. The van der Waals surface area contributed by atoms with Gasteiger partial charge < -0.3 is 14.8 Å². The molecule has 5 nitrogen and oxygen atoms in total. The van der Waals surface area contributed by atoms with E-state index >= 15 is 0 Å². The molecule has 0 aliphatic heterocycles. The molecule has 16 heavy (non-hydrogen) atoms. The van der Waals surface area contributed by atoms with Gasteiger partial charge in [-0.2, -0.15) is 0 Å². The largest absolute Gasteiger partial charge is 0.461 e. The van der Waals surface area contributed by atoms with Gasteiger partial charge in [-0.1, -0.05) is 20.4 Å². The second-order valence-corrected chi connectivity index (χ2v) is 3.67. The van der Waals surface area contributed by atoms with E-state index in [1.807, 2.05) is 13.8 Å². The summed E-state index contributed by atoms with van der Waals surface area (Å²) in [5.41, 5.74) is 0.327. The van der Waals surface area contributed by atoms with Gasteiger partial charge >= 0.3 is 11.9 Å². The molecule has 0 aliphatic rings. The molecular weight excluding hydrogens is 210 g/mol. The van der Waals surface area contributed by atoms with Crippen molar-refractivity contribution in [2.24, 2.45) is 0 Å². The summed E-state index contributed by atoms with van der Waals surface area (Å²) < 4.78 is 9.56. The maximum Gasteiger partial charge on any atom is 0.333 e. The van der Waals surface area contributed by atoms with Crippen LogP contribution in [0.1, 0.15) is 20.8 Å². The predicted molar refractivity (Wildman–Crippen MR) is 59.9 cm³/mol. The smallest absolute Gasteiger partial charge is 0.333 e. The molecule has 0 aromatic carbocycles. The Morgan fingerprint density at radius 3 is 2.31 bits per heavy atom. The maximum atomic E-state index is 11.1. The molecule has 0 radical (unpaired) electrons. The van der Waals surface area contributed by atoms with Gasteiger partial charge in [0.15, 0.2) is 0 Å². The van der Waals surface area contributed by atoms with E-state index in [1.165, 1.54) is 0 Å². The molecule has 1 N–H and O–H groups in total. The van der Waals surface area contributed by atoms with Gasteiger partial charge in [0.1, 0.15) is 13.2 Å². The Morgan fingerprint density at radius 2 is 1.81 bits per heavy atom. The van der Waals surface area contributed by atoms with Crippen LogP contribution >= 0.6 is 0 Å². The molecule has 0 spiro atoms. The first-order chi connectivity index (χ1) is 7.43. The van der Waals surface area contributed by atoms with Crippen molar-refractivity contribution in [3.63, 3.8) is 0 Å². The van der Waals surface area contributed by atoms with Gasteiger partial charge in [-0.15, -0.1) is 0 Å². The summed E-state index contributed by atoms with van der Waals surface area (Å²) in [5.74, 6) is -0.837. The molecule has 0 fully saturated rings. The Labute approximate surface area is 95.8 Å². The third-order valence-corrected chi connectivity index (χ3v) is 1.58. The topological polar surface area (TPSA) is 64.6 Å². The zero-order valence-electron chi connectivity index (χ0n) is 10.0. The van der Waals surface area contributed by atoms with Crippen molar-refractivity contribution in [1.82, 2.24) is 5.32 Å². The highest BCUT2D eigenvalue weighted by atomic mass is 16.6. The third-order valence-electron chi connectivity index (χ3n) is 1.58. The fraction of sp³-hybridized carbons (Fsp3) is 0.636. The zero-order chi connectivity index (χ0) is 12.6. The van der Waals surface area contributed by atoms with Crippen LogP contribution in [0.4, 0.5) is 0 Å². The lowest BCUT2D eigenvalue weighted by Gasteiger charge is -2.08. The van der Waals surface area contributed by atoms with Crippen molar-refractivity contribution in [2.45, 2.75) is 26.8 Å². The normalized spacial score (nSPS) is 10.0. The van der Waals surface area contributed by atoms with Crippen LogP contribution in [-0.2, 0) is 19.1 Å². The molecule has 0 saturated carbocycles. The lowest BCUT2D eigenvalue weighted by molar-refractivity contribution is -0.149. The van der Waals surface area contributed by atoms with Crippen molar-refractivity contribution in [1.29, 1.82) is 0 Å². The van der Waals surface area contributed by atoms with Crippen LogP contribution in [0.3, 0.4) is 0 Å². The van der Waals surface area contributed by atoms with E-state index in [9.17, 15) is 9.59 Å². The first-order valence-corrected chi connectivity index (χ1v) is 5.15. The molecule has 0 aromatic rings. The van der Waals surface area contributed by atoms with E-state index < -0.39 is 5.97 Å². The summed E-state index contributed by atoms with van der Waals surface area (Å²) in [7, 11) is 0. The summed E-state index contributed by atoms with van der Waals surface area (Å²) >= 11 is 0. The van der Waals surface area contributed by atoms with Crippen LogP contribution in [0.15, 0.2) is 12.2 Å². The van der Waals surface area contributed by atoms with Crippen LogP contribution < -0.4 is 5.32 Å². The number of rotatable bonds is 7. The van der Waals surface area contributed by atoms with Crippen LogP contribution in [0, 0.1) is 0 Å². The van der Waals surface area contributed by atoms with Crippen molar-refractivity contribution in [3.05, 3.63) is 12.2 Å². The molecule has 0 atom stereocenters. The molecule has 0 heterocycles. The number of ether oxygens (including phenoxy) is 2. The summed E-state index contributed by atoms with van der Waals surface area (Å²) in [4.78, 5) is 22.0. The number of hydrogen-bond donors (Lipinski definition) is 1. The summed E-state index contributed by atoms with van der Waals surface area (Å²) in [6, 6.07) is 0.230. The van der Waals surface area contributed by atoms with Crippen LogP contribution in [-0.4, -0.2) is 37.7 Å². The van der Waals surface area contributed by atoms with Gasteiger partial charge in [0.05, 0.1) is 6.54 Å². The lowest BCUT2D eigenvalue weighted by atomic mass is 10.4. The fourth-order valence-corrected chi connectivity index (χ4v) is 0.752. The average Bonchev–Trinajstić information content (AvgIpc) is 2.20. The maximum absolute atomic E-state index is 11.1. The number of hydrogen-bond acceptors (Lipinski definition) is 5. The molecule has 0 aliphatic carbocycles. The summed E-state index contributed by atoms with van der Waals surface area (Å²) in [6.45, 7) is 9.13. The Morgan fingerprint density at radius 1 is 1.25 bits per heavy atom. The highest BCUT2D eigenvalue weighted by molar-refractivity contribution is 5.86. The van der Waals surface area contributed by atoms with Crippen LogP contribution in [0.2, 0.25) is 0 Å². The Balaban J connectivity index is 3.48. The SMILES string of the molecule is C=C(C)C(=O)OCCOC(=O)CNC(C)C. The first-order valence-electron chi connectivity index (χ1n) is 5.15. The Kier molecular flexibility index (Phi) is 7.20. The lowest BCUT2D eigenvalue weighted by Crippen LogP contribution is -2.30. The quantitative estimate of drug-likeness (QED) is 0.394. The molecule has 0 aromatic heterocycles. The number of esters is 2. The zero-order valence-corrected chi connectivity index (χ0v) is 10.0. The van der Waals surface area contributed by atoms with E-state index in [0.717, 1.165) is 0 Å². The molecule has 0 unspecified atom stereocenters. The van der Waals surface area contributed by atoms with E-state index in [2.05, 4.69) is 11.9 Å². The summed E-state index contributed by atoms with van der Waals surface area (Å²) in [5, 5.41) is 2.92. The van der Waals surface area contributed by atoms with Crippen molar-refractivity contribution in [2.75, 3.05) is 19.8 Å². The minimum atomic E-state index is -0.476. The van der Waals surface area contributed by atoms with Gasteiger partial charge in [0.25, 0.3) is 0 Å². The Bertz CT molecular complexity index is 261. The molecular formula is C11H19NO4. The standard InChI is InChI=1S/C11H19NO4/c1-8(2)11(14)16-6-5-15-10(13)7-12-9(3)4/h9,12H,1,5-7H2,2-4H3. The number of carbonyl (C=O) groups excluding carboxylic acids is 2. The minimum absolute atomic E-state index is 0.0547. The molecule has 0 bridgehead atoms. The van der Waals surface area contributed by atoms with Crippen LogP contribution in [0.5, 0.6) is 0 Å². The van der Waals surface area contributed by atoms with Crippen LogP contribution in [0.25, 0.3) is 0 Å². The van der Waals surface area contributed by atoms with E-state index in [1.54, 1.807) is 6.92 Å². The Hall–Kier alpha value is -1.36. The predicted octanol–water partition coefficient (Wildman–Crippen LogP) is 0.647. The van der Waals surface area contributed by atoms with Gasteiger partial charge in [0, 0.05) is 11.6 Å². The van der Waals surface area contributed by atoms with Gasteiger partial charge in [-0.25, -0.2) is 4.79 Å². The van der Waals surface area contributed by atoms with Gasteiger partial charge in [0.2, 0.25) is 0 Å². The van der Waals surface area contributed by atoms with E-state index in [-0.39, 0.29) is 31.8 Å². The summed E-state index contributed by atoms with van der Waals surface area (Å²) in [6.07, 6.45) is 0. The van der Waals surface area contributed by atoms with Gasteiger partial charge in [-0.3, -0.25) is 4.79 Å². The second kappa shape index (κ2) is 7.87. The van der Waals surface area contributed by atoms with Crippen molar-refractivity contribution >= 4 is 11.9 Å². The number of carbonyl (C=O) groups is 2. The van der Waals surface area contributed by atoms with Crippen molar-refractivity contribution in [3.8, 4) is 0 Å². The average molecular weight is 229 g/mol. The fourth-order valence-electron chi connectivity index (χ4n) is 0.752. The van der Waals surface area contributed by atoms with Crippen molar-refractivity contribution < 1.29 is 19.1 Å². The molecule has 0 saturated heterocycles. The molecule has 0 rings (SSSR count). The van der Waals surface area contributed by atoms with Gasteiger partial charge in [-0.05, 0) is 6.92 Å².